The predicted octanol–water partition coefficient (Wildman–Crippen LogP) is 5.30. The molecule has 2 rings (SSSR count). The number of carbonyl (C=O) groups is 2. The normalized spacial score (nSPS) is 12.4. The highest BCUT2D eigenvalue weighted by atomic mass is 35.5. The summed E-state index contributed by atoms with van der Waals surface area (Å²) >= 11 is 18.8. The predicted molar refractivity (Wildman–Crippen MR) is 147 cm³/mol. The Hall–Kier alpha value is -2.00. The Bertz CT molecular complexity index is 1180. The summed E-state index contributed by atoms with van der Waals surface area (Å²) in [6.07, 6.45) is 1.33. The quantitative estimate of drug-likeness (QED) is 0.393. The van der Waals surface area contributed by atoms with Crippen LogP contribution in [0.5, 0.6) is 0 Å². The van der Waals surface area contributed by atoms with Gasteiger partial charge in [-0.1, -0.05) is 61.6 Å². The van der Waals surface area contributed by atoms with Gasteiger partial charge in [0.2, 0.25) is 21.8 Å². The van der Waals surface area contributed by atoms with Gasteiger partial charge in [0.05, 0.1) is 11.9 Å². The summed E-state index contributed by atoms with van der Waals surface area (Å²) < 4.78 is 26.5. The Morgan fingerprint density at radius 1 is 1.06 bits per heavy atom. The second-order valence-corrected chi connectivity index (χ2v) is 12.1. The summed E-state index contributed by atoms with van der Waals surface area (Å²) in [7, 11) is -3.86. The van der Waals surface area contributed by atoms with Gasteiger partial charge in [-0.15, -0.1) is 0 Å². The van der Waals surface area contributed by atoms with Crippen LogP contribution in [0.4, 0.5) is 5.69 Å². The lowest BCUT2D eigenvalue weighted by molar-refractivity contribution is -0.140. The van der Waals surface area contributed by atoms with Crippen molar-refractivity contribution in [2.45, 2.75) is 46.7 Å². The van der Waals surface area contributed by atoms with Gasteiger partial charge >= 0.3 is 0 Å². The van der Waals surface area contributed by atoms with E-state index < -0.39 is 28.5 Å². The van der Waals surface area contributed by atoms with E-state index in [0.29, 0.717) is 44.8 Å². The molecule has 1 N–H and O–H groups in total. The van der Waals surface area contributed by atoms with Crippen molar-refractivity contribution in [1.29, 1.82) is 0 Å². The molecule has 198 valence electrons. The van der Waals surface area contributed by atoms with E-state index in [9.17, 15) is 18.0 Å². The molecule has 0 unspecified atom stereocenters. The summed E-state index contributed by atoms with van der Waals surface area (Å²) in [6, 6.07) is 8.83. The monoisotopic (exact) mass is 575 g/mol. The molecule has 0 saturated carbocycles. The topological polar surface area (TPSA) is 86.8 Å². The maximum absolute atomic E-state index is 13.7. The van der Waals surface area contributed by atoms with Gasteiger partial charge < -0.3 is 10.2 Å². The molecule has 36 heavy (non-hydrogen) atoms. The van der Waals surface area contributed by atoms with Crippen LogP contribution < -0.4 is 9.62 Å². The van der Waals surface area contributed by atoms with E-state index in [0.717, 1.165) is 10.6 Å². The van der Waals surface area contributed by atoms with Crippen LogP contribution in [0, 0.1) is 12.8 Å². The number of sulfonamides is 1. The van der Waals surface area contributed by atoms with Crippen molar-refractivity contribution in [3.8, 4) is 0 Å². The second kappa shape index (κ2) is 13.0. The summed E-state index contributed by atoms with van der Waals surface area (Å²) in [5.41, 5.74) is 1.38. The van der Waals surface area contributed by atoms with E-state index in [1.807, 2.05) is 13.8 Å². The number of nitrogens with zero attached hydrogens (tertiary/aromatic N) is 2. The van der Waals surface area contributed by atoms with Crippen LogP contribution in [0.1, 0.15) is 38.3 Å². The van der Waals surface area contributed by atoms with Crippen LogP contribution in [0.25, 0.3) is 0 Å². The molecular formula is C25H32Cl3N3O4S. The van der Waals surface area contributed by atoms with Crippen LogP contribution in [0.15, 0.2) is 36.4 Å². The van der Waals surface area contributed by atoms with Crippen molar-refractivity contribution in [3.63, 3.8) is 0 Å². The first-order chi connectivity index (χ1) is 16.8. The van der Waals surface area contributed by atoms with Crippen LogP contribution in [0.2, 0.25) is 15.1 Å². The van der Waals surface area contributed by atoms with Gasteiger partial charge in [-0.25, -0.2) is 8.42 Å². The SMILES string of the molecule is CC[C@H](C(=O)NCC(C)C)N(Cc1c(Cl)cccc1Cl)C(=O)CN(c1ccc(Cl)cc1C)S(C)(=O)=O. The fraction of sp³-hybridized carbons (Fsp3) is 0.440. The molecule has 0 aliphatic heterocycles. The minimum absolute atomic E-state index is 0.0673. The van der Waals surface area contributed by atoms with Crippen LogP contribution in [-0.2, 0) is 26.2 Å². The Morgan fingerprint density at radius 2 is 1.67 bits per heavy atom. The smallest absolute Gasteiger partial charge is 0.244 e. The van der Waals surface area contributed by atoms with Gasteiger partial charge in [0.25, 0.3) is 0 Å². The molecule has 2 aromatic carbocycles. The number of rotatable bonds is 11. The van der Waals surface area contributed by atoms with Crippen molar-refractivity contribution in [1.82, 2.24) is 10.2 Å². The zero-order valence-electron chi connectivity index (χ0n) is 21.0. The van der Waals surface area contributed by atoms with Crippen LogP contribution in [-0.4, -0.2) is 50.5 Å². The lowest BCUT2D eigenvalue weighted by Gasteiger charge is -2.33. The van der Waals surface area contributed by atoms with Gasteiger partial charge in [-0.05, 0) is 55.2 Å². The average molecular weight is 577 g/mol. The molecule has 0 aromatic heterocycles. The molecule has 0 aliphatic rings. The number of hydrogen-bond acceptors (Lipinski definition) is 4. The molecule has 0 aliphatic carbocycles. The minimum Gasteiger partial charge on any atom is -0.354 e. The van der Waals surface area contributed by atoms with E-state index in [4.69, 9.17) is 34.8 Å². The van der Waals surface area contributed by atoms with E-state index in [1.54, 1.807) is 50.2 Å². The first kappa shape index (κ1) is 30.2. The zero-order chi connectivity index (χ0) is 27.2. The van der Waals surface area contributed by atoms with E-state index >= 15 is 0 Å². The fourth-order valence-electron chi connectivity index (χ4n) is 3.69. The zero-order valence-corrected chi connectivity index (χ0v) is 24.1. The van der Waals surface area contributed by atoms with Gasteiger partial charge in [0.1, 0.15) is 12.6 Å². The highest BCUT2D eigenvalue weighted by molar-refractivity contribution is 7.92. The van der Waals surface area contributed by atoms with Gasteiger partial charge in [0, 0.05) is 33.7 Å². The minimum atomic E-state index is -3.86. The number of nitrogens with one attached hydrogen (secondary N) is 1. The number of aryl methyl sites for hydroxylation is 1. The molecule has 0 spiro atoms. The third-order valence-corrected chi connectivity index (χ3v) is 7.64. The van der Waals surface area contributed by atoms with Crippen LogP contribution >= 0.6 is 34.8 Å². The van der Waals surface area contributed by atoms with Crippen molar-refractivity contribution < 1.29 is 18.0 Å². The first-order valence-corrected chi connectivity index (χ1v) is 14.5. The second-order valence-electron chi connectivity index (χ2n) is 8.99. The Balaban J connectivity index is 2.51. The number of amides is 2. The van der Waals surface area contributed by atoms with Crippen molar-refractivity contribution >= 4 is 62.3 Å². The van der Waals surface area contributed by atoms with Crippen molar-refractivity contribution in [2.75, 3.05) is 23.7 Å². The van der Waals surface area contributed by atoms with Gasteiger partial charge in [0.15, 0.2) is 0 Å². The lowest BCUT2D eigenvalue weighted by Crippen LogP contribution is -2.52. The fourth-order valence-corrected chi connectivity index (χ4v) is 5.34. The standard InChI is InChI=1S/C25H32Cl3N3O4S/c1-6-22(25(33)29-13-16(2)3)30(14-19-20(27)8-7-9-21(19)28)24(32)15-31(36(5,34)35)23-11-10-18(26)12-17(23)4/h7-12,16,22H,6,13-15H2,1-5H3,(H,29,33)/t22-/m1/s1. The summed E-state index contributed by atoms with van der Waals surface area (Å²) in [5.74, 6) is -0.698. The summed E-state index contributed by atoms with van der Waals surface area (Å²) in [5, 5.41) is 3.99. The van der Waals surface area contributed by atoms with Crippen LogP contribution in [0.3, 0.4) is 0 Å². The largest absolute Gasteiger partial charge is 0.354 e. The lowest BCUT2D eigenvalue weighted by atomic mass is 10.1. The molecule has 11 heteroatoms. The Kier molecular flexibility index (Phi) is 10.9. The maximum Gasteiger partial charge on any atom is 0.244 e. The summed E-state index contributed by atoms with van der Waals surface area (Å²) in [4.78, 5) is 28.2. The molecule has 1 atom stereocenters. The Labute approximate surface area is 228 Å². The number of benzene rings is 2. The average Bonchev–Trinajstić information content (AvgIpc) is 2.77. The van der Waals surface area contributed by atoms with Gasteiger partial charge in [-0.3, -0.25) is 13.9 Å². The maximum atomic E-state index is 13.7. The molecule has 0 radical (unpaired) electrons. The molecule has 0 fully saturated rings. The summed E-state index contributed by atoms with van der Waals surface area (Å²) in [6.45, 7) is 7.27. The molecule has 0 heterocycles. The number of anilines is 1. The molecule has 0 saturated heterocycles. The number of halogens is 3. The first-order valence-electron chi connectivity index (χ1n) is 11.5. The number of carbonyl (C=O) groups excluding carboxylic acids is 2. The third kappa shape index (κ3) is 8.00. The third-order valence-electron chi connectivity index (χ3n) is 5.57. The molecule has 2 aromatic rings. The van der Waals surface area contributed by atoms with Crippen molar-refractivity contribution in [2.24, 2.45) is 5.92 Å². The van der Waals surface area contributed by atoms with Crippen molar-refractivity contribution in [3.05, 3.63) is 62.6 Å². The Morgan fingerprint density at radius 3 is 2.17 bits per heavy atom. The highest BCUT2D eigenvalue weighted by Crippen LogP contribution is 2.29. The van der Waals surface area contributed by atoms with Gasteiger partial charge in [-0.2, -0.15) is 0 Å². The number of hydrogen-bond donors (Lipinski definition) is 1. The molecule has 2 amide bonds. The molecular weight excluding hydrogens is 545 g/mol. The molecule has 7 nitrogen and oxygen atoms in total. The molecule has 0 bridgehead atoms. The van der Waals surface area contributed by atoms with E-state index in [1.165, 1.54) is 4.90 Å². The van der Waals surface area contributed by atoms with E-state index in [-0.39, 0.29) is 18.4 Å². The van der Waals surface area contributed by atoms with E-state index in [2.05, 4.69) is 5.32 Å². The highest BCUT2D eigenvalue weighted by Gasteiger charge is 2.33.